The Bertz CT molecular complexity index is 165. The smallest absolute Gasteiger partial charge is 0.122 e. The van der Waals surface area contributed by atoms with Gasteiger partial charge in [0.1, 0.15) is 6.29 Å². The van der Waals surface area contributed by atoms with Gasteiger partial charge in [0.2, 0.25) is 0 Å². The molecule has 1 fully saturated rings. The van der Waals surface area contributed by atoms with Gasteiger partial charge in [-0.05, 0) is 32.4 Å². The Morgan fingerprint density at radius 1 is 1.55 bits per heavy atom. The van der Waals surface area contributed by atoms with E-state index in [1.807, 2.05) is 0 Å². The van der Waals surface area contributed by atoms with Crippen LogP contribution in [0.5, 0.6) is 0 Å². The minimum atomic E-state index is -0.0602. The van der Waals surface area contributed by atoms with Crippen LogP contribution in [-0.4, -0.2) is 30.3 Å². The Kier molecular flexibility index (Phi) is 3.13. The number of aldehydes is 1. The summed E-state index contributed by atoms with van der Waals surface area (Å²) in [6.07, 6.45) is 10.6. The van der Waals surface area contributed by atoms with Crippen molar-refractivity contribution in [2.75, 3.05) is 13.1 Å². The SMILES string of the molecule is [C]#CC(CC=O)N1CCCC1. The Morgan fingerprint density at radius 2 is 2.18 bits per heavy atom. The van der Waals surface area contributed by atoms with Gasteiger partial charge in [0.25, 0.3) is 0 Å². The topological polar surface area (TPSA) is 20.3 Å². The second-order valence-electron chi connectivity index (χ2n) is 2.81. The summed E-state index contributed by atoms with van der Waals surface area (Å²) < 4.78 is 0. The number of carbonyl (C=O) groups excluding carboxylic acids is 1. The first-order valence-corrected chi connectivity index (χ1v) is 3.98. The lowest BCUT2D eigenvalue weighted by atomic mass is 10.2. The summed E-state index contributed by atoms with van der Waals surface area (Å²) in [6.45, 7) is 2.04. The van der Waals surface area contributed by atoms with Crippen LogP contribution in [0.4, 0.5) is 0 Å². The van der Waals surface area contributed by atoms with E-state index in [1.54, 1.807) is 0 Å². The first-order valence-electron chi connectivity index (χ1n) is 3.98. The molecule has 0 spiro atoms. The molecule has 0 N–H and O–H groups in total. The number of hydrogen-bond donors (Lipinski definition) is 0. The highest BCUT2D eigenvalue weighted by Gasteiger charge is 2.18. The van der Waals surface area contributed by atoms with Crippen LogP contribution in [-0.2, 0) is 4.79 Å². The summed E-state index contributed by atoms with van der Waals surface area (Å²) in [6, 6.07) is -0.0602. The molecule has 0 aromatic carbocycles. The van der Waals surface area contributed by atoms with E-state index < -0.39 is 0 Å². The second-order valence-corrected chi connectivity index (χ2v) is 2.81. The molecule has 0 aromatic rings. The van der Waals surface area contributed by atoms with Crippen molar-refractivity contribution in [3.63, 3.8) is 0 Å². The molecule has 1 unspecified atom stereocenters. The molecule has 59 valence electrons. The number of hydrogen-bond acceptors (Lipinski definition) is 2. The molecule has 1 aliphatic heterocycles. The van der Waals surface area contributed by atoms with Crippen LogP contribution >= 0.6 is 0 Å². The lowest BCUT2D eigenvalue weighted by Crippen LogP contribution is -2.31. The fourth-order valence-corrected chi connectivity index (χ4v) is 1.44. The van der Waals surface area contributed by atoms with Crippen LogP contribution in [0, 0.1) is 12.3 Å². The molecule has 0 saturated carbocycles. The van der Waals surface area contributed by atoms with Crippen molar-refractivity contribution in [2.24, 2.45) is 0 Å². The predicted octanol–water partition coefficient (Wildman–Crippen LogP) is 0.630. The van der Waals surface area contributed by atoms with Crippen LogP contribution < -0.4 is 0 Å². The Labute approximate surface area is 67.6 Å². The molecule has 1 radical (unpaired) electrons. The van der Waals surface area contributed by atoms with Crippen LogP contribution in [0.15, 0.2) is 0 Å². The van der Waals surface area contributed by atoms with Gasteiger partial charge in [0.05, 0.1) is 6.04 Å². The highest BCUT2D eigenvalue weighted by molar-refractivity contribution is 5.51. The third kappa shape index (κ3) is 2.06. The van der Waals surface area contributed by atoms with Crippen molar-refractivity contribution < 1.29 is 4.79 Å². The molecule has 2 nitrogen and oxygen atoms in total. The molecule has 0 aromatic heterocycles. The third-order valence-electron chi connectivity index (χ3n) is 2.07. The molecule has 1 atom stereocenters. The van der Waals surface area contributed by atoms with Gasteiger partial charge in [-0.2, -0.15) is 0 Å². The van der Waals surface area contributed by atoms with E-state index in [-0.39, 0.29) is 6.04 Å². The van der Waals surface area contributed by atoms with Crippen molar-refractivity contribution in [2.45, 2.75) is 25.3 Å². The van der Waals surface area contributed by atoms with Crippen molar-refractivity contribution in [3.05, 3.63) is 6.42 Å². The molecule has 0 bridgehead atoms. The lowest BCUT2D eigenvalue weighted by molar-refractivity contribution is -0.108. The second kappa shape index (κ2) is 4.15. The number of carbonyl (C=O) groups is 1. The van der Waals surface area contributed by atoms with Gasteiger partial charge in [-0.3, -0.25) is 4.90 Å². The molecular formula is C9H12NO. The van der Waals surface area contributed by atoms with E-state index in [2.05, 4.69) is 10.8 Å². The molecular weight excluding hydrogens is 138 g/mol. The fourth-order valence-electron chi connectivity index (χ4n) is 1.44. The van der Waals surface area contributed by atoms with E-state index in [0.29, 0.717) is 6.42 Å². The highest BCUT2D eigenvalue weighted by atomic mass is 16.1. The van der Waals surface area contributed by atoms with Crippen molar-refractivity contribution in [1.82, 2.24) is 4.90 Å². The summed E-state index contributed by atoms with van der Waals surface area (Å²) >= 11 is 0. The average Bonchev–Trinajstić information content (AvgIpc) is 2.52. The Balaban J connectivity index is 2.41. The van der Waals surface area contributed by atoms with Gasteiger partial charge in [-0.25, -0.2) is 0 Å². The van der Waals surface area contributed by atoms with Crippen LogP contribution in [0.25, 0.3) is 0 Å². The molecule has 1 saturated heterocycles. The van der Waals surface area contributed by atoms with Gasteiger partial charge in [0, 0.05) is 6.42 Å². The molecule has 1 rings (SSSR count). The number of rotatable bonds is 3. The molecule has 0 amide bonds. The Morgan fingerprint density at radius 3 is 2.64 bits per heavy atom. The van der Waals surface area contributed by atoms with Gasteiger partial charge in [-0.15, -0.1) is 0 Å². The first-order chi connectivity index (χ1) is 5.38. The van der Waals surface area contributed by atoms with E-state index >= 15 is 0 Å². The minimum Gasteiger partial charge on any atom is -0.303 e. The lowest BCUT2D eigenvalue weighted by Gasteiger charge is -2.19. The first kappa shape index (κ1) is 8.29. The molecule has 1 aliphatic rings. The van der Waals surface area contributed by atoms with E-state index in [4.69, 9.17) is 6.42 Å². The molecule has 11 heavy (non-hydrogen) atoms. The van der Waals surface area contributed by atoms with E-state index in [1.165, 1.54) is 12.8 Å². The maximum atomic E-state index is 10.2. The van der Waals surface area contributed by atoms with Crippen LogP contribution in [0.2, 0.25) is 0 Å². The van der Waals surface area contributed by atoms with Crippen molar-refractivity contribution in [3.8, 4) is 5.92 Å². The fraction of sp³-hybridized carbons (Fsp3) is 0.667. The summed E-state index contributed by atoms with van der Waals surface area (Å²) in [5.74, 6) is 2.39. The van der Waals surface area contributed by atoms with E-state index in [0.717, 1.165) is 19.4 Å². The molecule has 2 heteroatoms. The van der Waals surface area contributed by atoms with E-state index in [9.17, 15) is 4.79 Å². The standard InChI is InChI=1S/C9H12NO/c1-2-9(5-8-11)10-6-3-4-7-10/h8-9H,3-7H2. The maximum Gasteiger partial charge on any atom is 0.122 e. The molecule has 0 aliphatic carbocycles. The minimum absolute atomic E-state index is 0.0602. The summed E-state index contributed by atoms with van der Waals surface area (Å²) in [4.78, 5) is 12.3. The van der Waals surface area contributed by atoms with Gasteiger partial charge < -0.3 is 4.79 Å². The summed E-state index contributed by atoms with van der Waals surface area (Å²) in [7, 11) is 0. The third-order valence-corrected chi connectivity index (χ3v) is 2.07. The zero-order valence-corrected chi connectivity index (χ0v) is 6.55. The van der Waals surface area contributed by atoms with Gasteiger partial charge >= 0.3 is 0 Å². The summed E-state index contributed by atoms with van der Waals surface area (Å²) in [5, 5.41) is 0. The maximum absolute atomic E-state index is 10.2. The van der Waals surface area contributed by atoms with Crippen LogP contribution in [0.3, 0.4) is 0 Å². The van der Waals surface area contributed by atoms with Gasteiger partial charge in [0.15, 0.2) is 0 Å². The summed E-state index contributed by atoms with van der Waals surface area (Å²) in [5.41, 5.74) is 0. The predicted molar refractivity (Wildman–Crippen MR) is 42.4 cm³/mol. The monoisotopic (exact) mass is 150 g/mol. The average molecular weight is 150 g/mol. The highest BCUT2D eigenvalue weighted by Crippen LogP contribution is 2.12. The zero-order valence-electron chi connectivity index (χ0n) is 6.55. The van der Waals surface area contributed by atoms with Gasteiger partial charge in [-0.1, -0.05) is 5.92 Å². The Hall–Kier alpha value is -0.810. The van der Waals surface area contributed by atoms with Crippen LogP contribution in [0.1, 0.15) is 19.3 Å². The largest absolute Gasteiger partial charge is 0.303 e. The molecule has 1 heterocycles. The zero-order chi connectivity index (χ0) is 8.10. The number of likely N-dealkylation sites (tertiary alicyclic amines) is 1. The quantitative estimate of drug-likeness (QED) is 0.434. The van der Waals surface area contributed by atoms with Crippen molar-refractivity contribution >= 4 is 6.29 Å². The number of nitrogens with zero attached hydrogens (tertiary/aromatic N) is 1. The van der Waals surface area contributed by atoms with Crippen molar-refractivity contribution in [1.29, 1.82) is 0 Å². The normalized spacial score (nSPS) is 21.0.